The average molecular weight is 197 g/mol. The van der Waals surface area contributed by atoms with Gasteiger partial charge in [0.05, 0.1) is 11.8 Å². The first kappa shape index (κ1) is 10.7. The molecule has 0 aliphatic carbocycles. The van der Waals surface area contributed by atoms with Crippen molar-refractivity contribution in [3.63, 3.8) is 0 Å². The van der Waals surface area contributed by atoms with Crippen LogP contribution in [0.15, 0.2) is 4.79 Å². The van der Waals surface area contributed by atoms with Crippen molar-refractivity contribution in [2.45, 2.75) is 20.0 Å². The molecule has 5 heteroatoms. The van der Waals surface area contributed by atoms with E-state index in [9.17, 15) is 9.90 Å². The third-order valence-electron chi connectivity index (χ3n) is 2.13. The Kier molecular flexibility index (Phi) is 2.90. The fraction of sp³-hybridized carbons (Fsp3) is 0.556. The minimum atomic E-state index is -0.696. The molecule has 1 atom stereocenters. The summed E-state index contributed by atoms with van der Waals surface area (Å²) < 4.78 is 1.26. The smallest absolute Gasteiger partial charge is 0.290 e. The van der Waals surface area contributed by atoms with E-state index in [1.54, 1.807) is 27.9 Å². The van der Waals surface area contributed by atoms with Crippen LogP contribution >= 0.6 is 0 Å². The molecule has 1 heterocycles. The third kappa shape index (κ3) is 1.63. The van der Waals surface area contributed by atoms with Gasteiger partial charge in [-0.15, -0.1) is 0 Å². The third-order valence-corrected chi connectivity index (χ3v) is 2.13. The molecule has 1 aromatic heterocycles. The Bertz CT molecular complexity index is 396. The quantitative estimate of drug-likeness (QED) is 0.710. The lowest BCUT2D eigenvalue weighted by Crippen LogP contribution is -2.26. The van der Waals surface area contributed by atoms with E-state index in [2.05, 4.69) is 10.4 Å². The molecule has 0 radical (unpaired) electrons. The maximum atomic E-state index is 11.6. The average Bonchev–Trinajstić information content (AvgIpc) is 2.09. The standard InChI is InChI=1S/C9H15N3O2/c1-5-7(6(2)13)8(10-3)9(14)12(4)11-5/h6,10,13H,1-4H3. The molecule has 0 aliphatic rings. The van der Waals surface area contributed by atoms with Crippen LogP contribution in [0.2, 0.25) is 0 Å². The number of nitrogens with zero attached hydrogens (tertiary/aromatic N) is 2. The van der Waals surface area contributed by atoms with E-state index in [-0.39, 0.29) is 5.56 Å². The Labute approximate surface area is 82.4 Å². The van der Waals surface area contributed by atoms with Crippen LogP contribution in [0.5, 0.6) is 0 Å². The van der Waals surface area contributed by atoms with Crippen LogP contribution in [0, 0.1) is 6.92 Å². The fourth-order valence-electron chi connectivity index (χ4n) is 1.53. The van der Waals surface area contributed by atoms with Gasteiger partial charge in [0.15, 0.2) is 0 Å². The monoisotopic (exact) mass is 197 g/mol. The Morgan fingerprint density at radius 3 is 2.57 bits per heavy atom. The lowest BCUT2D eigenvalue weighted by molar-refractivity contribution is 0.198. The highest BCUT2D eigenvalue weighted by Gasteiger charge is 2.16. The zero-order valence-corrected chi connectivity index (χ0v) is 8.83. The summed E-state index contributed by atoms with van der Waals surface area (Å²) in [6.07, 6.45) is -0.696. The minimum absolute atomic E-state index is 0.228. The molecule has 5 nitrogen and oxygen atoms in total. The van der Waals surface area contributed by atoms with Crippen molar-refractivity contribution in [1.82, 2.24) is 9.78 Å². The molecule has 1 aromatic rings. The highest BCUT2D eigenvalue weighted by Crippen LogP contribution is 2.20. The van der Waals surface area contributed by atoms with Crippen LogP contribution < -0.4 is 10.9 Å². The molecule has 0 bridgehead atoms. The zero-order chi connectivity index (χ0) is 10.9. The van der Waals surface area contributed by atoms with Crippen LogP contribution in [-0.4, -0.2) is 21.9 Å². The first-order valence-corrected chi connectivity index (χ1v) is 4.42. The fourth-order valence-corrected chi connectivity index (χ4v) is 1.53. The second-order valence-corrected chi connectivity index (χ2v) is 3.23. The van der Waals surface area contributed by atoms with Crippen molar-refractivity contribution in [1.29, 1.82) is 0 Å². The summed E-state index contributed by atoms with van der Waals surface area (Å²) in [6.45, 7) is 3.38. The first-order valence-electron chi connectivity index (χ1n) is 4.42. The predicted molar refractivity (Wildman–Crippen MR) is 54.4 cm³/mol. The van der Waals surface area contributed by atoms with Crippen molar-refractivity contribution >= 4 is 5.69 Å². The van der Waals surface area contributed by atoms with Crippen LogP contribution in [0.4, 0.5) is 5.69 Å². The van der Waals surface area contributed by atoms with Gasteiger partial charge < -0.3 is 10.4 Å². The maximum Gasteiger partial charge on any atom is 0.290 e. The number of aromatic nitrogens is 2. The van der Waals surface area contributed by atoms with Crippen LogP contribution in [0.1, 0.15) is 24.3 Å². The molecule has 0 saturated carbocycles. The van der Waals surface area contributed by atoms with Gasteiger partial charge in [-0.25, -0.2) is 4.68 Å². The second kappa shape index (κ2) is 3.79. The summed E-state index contributed by atoms with van der Waals surface area (Å²) in [6, 6.07) is 0. The van der Waals surface area contributed by atoms with E-state index >= 15 is 0 Å². The number of hydrogen-bond donors (Lipinski definition) is 2. The number of aliphatic hydroxyl groups is 1. The van der Waals surface area contributed by atoms with Crippen LogP contribution in [0.25, 0.3) is 0 Å². The molecule has 14 heavy (non-hydrogen) atoms. The summed E-state index contributed by atoms with van der Waals surface area (Å²) in [7, 11) is 3.24. The molecule has 0 spiro atoms. The SMILES string of the molecule is CNc1c(C(C)O)c(C)nn(C)c1=O. The minimum Gasteiger partial charge on any atom is -0.389 e. The number of rotatable bonds is 2. The summed E-state index contributed by atoms with van der Waals surface area (Å²) in [5, 5.41) is 16.3. The van der Waals surface area contributed by atoms with E-state index in [4.69, 9.17) is 0 Å². The normalized spacial score (nSPS) is 12.6. The van der Waals surface area contributed by atoms with Crippen molar-refractivity contribution in [3.8, 4) is 0 Å². The zero-order valence-electron chi connectivity index (χ0n) is 8.83. The Balaban J connectivity index is 3.55. The van der Waals surface area contributed by atoms with Gasteiger partial charge >= 0.3 is 0 Å². The number of nitrogens with one attached hydrogen (secondary N) is 1. The summed E-state index contributed by atoms with van der Waals surface area (Å²) in [5.41, 5.74) is 1.41. The van der Waals surface area contributed by atoms with Crippen LogP contribution in [0.3, 0.4) is 0 Å². The number of hydrogen-bond acceptors (Lipinski definition) is 4. The van der Waals surface area contributed by atoms with Crippen molar-refractivity contribution in [3.05, 3.63) is 21.6 Å². The number of aryl methyl sites for hydroxylation is 2. The van der Waals surface area contributed by atoms with Crippen molar-refractivity contribution in [2.75, 3.05) is 12.4 Å². The molecular weight excluding hydrogens is 182 g/mol. The van der Waals surface area contributed by atoms with Gasteiger partial charge in [0.25, 0.3) is 5.56 Å². The highest BCUT2D eigenvalue weighted by molar-refractivity contribution is 5.51. The Morgan fingerprint density at radius 1 is 1.57 bits per heavy atom. The molecule has 0 fully saturated rings. The van der Waals surface area contributed by atoms with Crippen molar-refractivity contribution < 1.29 is 5.11 Å². The molecule has 1 unspecified atom stereocenters. The highest BCUT2D eigenvalue weighted by atomic mass is 16.3. The topological polar surface area (TPSA) is 67.2 Å². The number of anilines is 1. The molecule has 0 aromatic carbocycles. The second-order valence-electron chi connectivity index (χ2n) is 3.23. The molecular formula is C9H15N3O2. The van der Waals surface area contributed by atoms with Gasteiger partial charge in [0.1, 0.15) is 5.69 Å². The van der Waals surface area contributed by atoms with E-state index in [1.165, 1.54) is 4.68 Å². The first-order chi connectivity index (χ1) is 6.49. The lowest BCUT2D eigenvalue weighted by atomic mass is 10.1. The Morgan fingerprint density at radius 2 is 2.14 bits per heavy atom. The van der Waals surface area contributed by atoms with Gasteiger partial charge in [0, 0.05) is 19.7 Å². The van der Waals surface area contributed by atoms with Gasteiger partial charge in [-0.1, -0.05) is 0 Å². The van der Waals surface area contributed by atoms with E-state index in [1.807, 2.05) is 0 Å². The summed E-state index contributed by atoms with van der Waals surface area (Å²) in [4.78, 5) is 11.6. The summed E-state index contributed by atoms with van der Waals surface area (Å²) >= 11 is 0. The van der Waals surface area contributed by atoms with Gasteiger partial charge in [0.2, 0.25) is 0 Å². The molecule has 0 amide bonds. The van der Waals surface area contributed by atoms with E-state index in [0.717, 1.165) is 0 Å². The maximum absolute atomic E-state index is 11.6. The van der Waals surface area contributed by atoms with Crippen molar-refractivity contribution in [2.24, 2.45) is 7.05 Å². The van der Waals surface area contributed by atoms with Gasteiger partial charge in [-0.2, -0.15) is 5.10 Å². The van der Waals surface area contributed by atoms with Gasteiger partial charge in [-0.05, 0) is 13.8 Å². The molecule has 0 saturated heterocycles. The predicted octanol–water partition coefficient (Wildman–Crippen LogP) is 0.184. The lowest BCUT2D eigenvalue weighted by Gasteiger charge is -2.14. The summed E-state index contributed by atoms with van der Waals surface area (Å²) in [5.74, 6) is 0. The van der Waals surface area contributed by atoms with Gasteiger partial charge in [-0.3, -0.25) is 4.79 Å². The molecule has 2 N–H and O–H groups in total. The largest absolute Gasteiger partial charge is 0.389 e. The van der Waals surface area contributed by atoms with E-state index < -0.39 is 6.10 Å². The molecule has 1 rings (SSSR count). The number of aliphatic hydroxyl groups excluding tert-OH is 1. The Hall–Kier alpha value is -1.36. The molecule has 0 aliphatic heterocycles. The van der Waals surface area contributed by atoms with Crippen LogP contribution in [-0.2, 0) is 7.05 Å². The molecule has 78 valence electrons. The van der Waals surface area contributed by atoms with E-state index in [0.29, 0.717) is 16.9 Å².